The minimum atomic E-state index is 0.872. The number of nitrogens with zero attached hydrogens (tertiary/aromatic N) is 3. The van der Waals surface area contributed by atoms with Crippen molar-refractivity contribution in [3.05, 3.63) is 17.6 Å². The van der Waals surface area contributed by atoms with Crippen LogP contribution in [0.1, 0.15) is 44.6 Å². The van der Waals surface area contributed by atoms with Crippen LogP contribution in [-0.2, 0) is 6.54 Å². The van der Waals surface area contributed by atoms with E-state index in [-0.39, 0.29) is 0 Å². The number of anilines is 1. The minimum Gasteiger partial charge on any atom is -0.370 e. The lowest BCUT2D eigenvalue weighted by Gasteiger charge is -2.29. The van der Waals surface area contributed by atoms with Crippen LogP contribution in [0.3, 0.4) is 0 Å². The zero-order valence-corrected chi connectivity index (χ0v) is 12.4. The molecule has 1 N–H and O–H groups in total. The van der Waals surface area contributed by atoms with Gasteiger partial charge in [-0.1, -0.05) is 13.8 Å². The summed E-state index contributed by atoms with van der Waals surface area (Å²) < 4.78 is 0. The van der Waals surface area contributed by atoms with Gasteiger partial charge in [0, 0.05) is 18.3 Å². The van der Waals surface area contributed by atoms with E-state index in [1.807, 2.05) is 13.0 Å². The van der Waals surface area contributed by atoms with Crippen molar-refractivity contribution in [3.63, 3.8) is 0 Å². The Morgan fingerprint density at radius 3 is 2.74 bits per heavy atom. The Morgan fingerprint density at radius 1 is 1.32 bits per heavy atom. The van der Waals surface area contributed by atoms with Gasteiger partial charge in [0.05, 0.1) is 6.54 Å². The number of hydrogen-bond acceptors (Lipinski definition) is 4. The summed E-state index contributed by atoms with van der Waals surface area (Å²) in [6.07, 6.45) is 3.71. The van der Waals surface area contributed by atoms with Crippen LogP contribution in [0.2, 0.25) is 0 Å². The summed E-state index contributed by atoms with van der Waals surface area (Å²) in [5.74, 6) is 2.79. The topological polar surface area (TPSA) is 41.1 Å². The molecule has 0 atom stereocenters. The van der Waals surface area contributed by atoms with E-state index in [4.69, 9.17) is 0 Å². The van der Waals surface area contributed by atoms with Crippen molar-refractivity contribution in [2.45, 2.75) is 46.6 Å². The van der Waals surface area contributed by atoms with E-state index in [1.165, 1.54) is 25.9 Å². The lowest BCUT2D eigenvalue weighted by Crippen LogP contribution is -2.33. The molecule has 0 saturated carbocycles. The highest BCUT2D eigenvalue weighted by Gasteiger charge is 2.16. The molecule has 1 fully saturated rings. The molecule has 4 heteroatoms. The van der Waals surface area contributed by atoms with E-state index in [2.05, 4.69) is 34.0 Å². The third-order valence-corrected chi connectivity index (χ3v) is 3.70. The molecular weight excluding hydrogens is 236 g/mol. The molecule has 1 saturated heterocycles. The molecule has 0 amide bonds. The summed E-state index contributed by atoms with van der Waals surface area (Å²) in [5.41, 5.74) is 1.05. The minimum absolute atomic E-state index is 0.872. The van der Waals surface area contributed by atoms with E-state index in [9.17, 15) is 0 Å². The van der Waals surface area contributed by atoms with Gasteiger partial charge in [-0.05, 0) is 45.2 Å². The summed E-state index contributed by atoms with van der Waals surface area (Å²) in [7, 11) is 0. The second-order valence-electron chi connectivity index (χ2n) is 5.70. The number of nitrogens with one attached hydrogen (secondary N) is 1. The molecule has 0 bridgehead atoms. The highest BCUT2D eigenvalue weighted by atomic mass is 15.2. The zero-order chi connectivity index (χ0) is 13.7. The average Bonchev–Trinajstić information content (AvgIpc) is 2.38. The molecule has 0 aliphatic carbocycles. The summed E-state index contributed by atoms with van der Waals surface area (Å²) >= 11 is 0. The van der Waals surface area contributed by atoms with Crippen molar-refractivity contribution in [2.75, 3.05) is 25.0 Å². The van der Waals surface area contributed by atoms with Gasteiger partial charge in [0.25, 0.3) is 0 Å². The van der Waals surface area contributed by atoms with Gasteiger partial charge >= 0.3 is 0 Å². The number of hydrogen-bond donors (Lipinski definition) is 1. The number of aryl methyl sites for hydroxylation is 1. The van der Waals surface area contributed by atoms with Gasteiger partial charge in [0.15, 0.2) is 0 Å². The Kier molecular flexibility index (Phi) is 5.14. The molecule has 0 radical (unpaired) electrons. The molecule has 1 aromatic rings. The molecule has 4 nitrogen and oxygen atoms in total. The Labute approximate surface area is 116 Å². The summed E-state index contributed by atoms with van der Waals surface area (Å²) in [6.45, 7) is 10.8. The molecule has 2 rings (SSSR count). The Balaban J connectivity index is 1.97. The van der Waals surface area contributed by atoms with Gasteiger partial charge in [-0.25, -0.2) is 9.97 Å². The van der Waals surface area contributed by atoms with Crippen LogP contribution in [0.25, 0.3) is 0 Å². The predicted molar refractivity (Wildman–Crippen MR) is 79.2 cm³/mol. The van der Waals surface area contributed by atoms with Crippen molar-refractivity contribution in [1.29, 1.82) is 0 Å². The van der Waals surface area contributed by atoms with Crippen molar-refractivity contribution in [1.82, 2.24) is 14.9 Å². The van der Waals surface area contributed by atoms with Gasteiger partial charge in [0.1, 0.15) is 11.6 Å². The molecule has 106 valence electrons. The highest BCUT2D eigenvalue weighted by Crippen LogP contribution is 2.17. The molecule has 1 aromatic heterocycles. The smallest absolute Gasteiger partial charge is 0.144 e. The van der Waals surface area contributed by atoms with Crippen LogP contribution in [0.15, 0.2) is 6.07 Å². The molecule has 0 unspecified atom stereocenters. The van der Waals surface area contributed by atoms with Gasteiger partial charge < -0.3 is 5.32 Å². The number of likely N-dealkylation sites (tertiary alicyclic amines) is 1. The molecule has 0 spiro atoms. The fourth-order valence-electron chi connectivity index (χ4n) is 2.46. The van der Waals surface area contributed by atoms with Crippen LogP contribution in [0.4, 0.5) is 5.82 Å². The molecule has 0 aromatic carbocycles. The van der Waals surface area contributed by atoms with Crippen molar-refractivity contribution in [2.24, 2.45) is 5.92 Å². The average molecular weight is 262 g/mol. The van der Waals surface area contributed by atoms with Gasteiger partial charge in [-0.15, -0.1) is 0 Å². The van der Waals surface area contributed by atoms with Crippen LogP contribution in [0, 0.1) is 12.8 Å². The standard InChI is InChI=1S/C15H26N4/c1-4-7-16-14-10-13(3)17-15(18-14)11-19-8-5-12(2)6-9-19/h10,12H,4-9,11H2,1-3H3,(H,16,17,18). The molecule has 19 heavy (non-hydrogen) atoms. The molecular formula is C15H26N4. The lowest BCUT2D eigenvalue weighted by molar-refractivity contribution is 0.181. The van der Waals surface area contributed by atoms with Crippen LogP contribution < -0.4 is 5.32 Å². The summed E-state index contributed by atoms with van der Waals surface area (Å²) in [4.78, 5) is 11.7. The first-order valence-corrected chi connectivity index (χ1v) is 7.48. The maximum absolute atomic E-state index is 4.62. The van der Waals surface area contributed by atoms with Crippen molar-refractivity contribution < 1.29 is 0 Å². The number of aromatic nitrogens is 2. The van der Waals surface area contributed by atoms with Gasteiger partial charge in [-0.3, -0.25) is 4.90 Å². The van der Waals surface area contributed by atoms with Gasteiger partial charge in [-0.2, -0.15) is 0 Å². The van der Waals surface area contributed by atoms with E-state index in [0.29, 0.717) is 0 Å². The largest absolute Gasteiger partial charge is 0.370 e. The quantitative estimate of drug-likeness (QED) is 0.886. The number of piperidine rings is 1. The van der Waals surface area contributed by atoms with Crippen molar-refractivity contribution in [3.8, 4) is 0 Å². The second kappa shape index (κ2) is 6.85. The predicted octanol–water partition coefficient (Wildman–Crippen LogP) is 2.84. The monoisotopic (exact) mass is 262 g/mol. The normalized spacial score (nSPS) is 17.6. The zero-order valence-electron chi connectivity index (χ0n) is 12.4. The van der Waals surface area contributed by atoms with Crippen LogP contribution >= 0.6 is 0 Å². The van der Waals surface area contributed by atoms with Crippen LogP contribution in [0.5, 0.6) is 0 Å². The molecule has 2 heterocycles. The van der Waals surface area contributed by atoms with E-state index in [0.717, 1.165) is 42.8 Å². The molecule has 1 aliphatic rings. The lowest BCUT2D eigenvalue weighted by atomic mass is 9.99. The fraction of sp³-hybridized carbons (Fsp3) is 0.733. The van der Waals surface area contributed by atoms with E-state index >= 15 is 0 Å². The van der Waals surface area contributed by atoms with Crippen LogP contribution in [-0.4, -0.2) is 34.5 Å². The highest BCUT2D eigenvalue weighted by molar-refractivity contribution is 5.35. The van der Waals surface area contributed by atoms with E-state index < -0.39 is 0 Å². The Morgan fingerprint density at radius 2 is 2.05 bits per heavy atom. The maximum Gasteiger partial charge on any atom is 0.144 e. The third-order valence-electron chi connectivity index (χ3n) is 3.70. The molecule has 1 aliphatic heterocycles. The number of rotatable bonds is 5. The SMILES string of the molecule is CCCNc1cc(C)nc(CN2CCC(C)CC2)n1. The third kappa shape index (κ3) is 4.46. The first-order chi connectivity index (χ1) is 9.17. The Bertz CT molecular complexity index is 397. The Hall–Kier alpha value is -1.16. The van der Waals surface area contributed by atoms with Crippen molar-refractivity contribution >= 4 is 5.82 Å². The van der Waals surface area contributed by atoms with Gasteiger partial charge in [0.2, 0.25) is 0 Å². The summed E-state index contributed by atoms with van der Waals surface area (Å²) in [5, 5.41) is 3.35. The maximum atomic E-state index is 4.62. The summed E-state index contributed by atoms with van der Waals surface area (Å²) in [6, 6.07) is 2.03. The van der Waals surface area contributed by atoms with E-state index in [1.54, 1.807) is 0 Å². The second-order valence-corrected chi connectivity index (χ2v) is 5.70. The first kappa shape index (κ1) is 14.3. The fourth-order valence-corrected chi connectivity index (χ4v) is 2.46. The first-order valence-electron chi connectivity index (χ1n) is 7.48.